The van der Waals surface area contributed by atoms with Crippen molar-refractivity contribution in [2.75, 3.05) is 26.1 Å². The van der Waals surface area contributed by atoms with Gasteiger partial charge in [0.25, 0.3) is 0 Å². The molecule has 1 atom stereocenters. The first kappa shape index (κ1) is 24.9. The first-order chi connectivity index (χ1) is 16.0. The number of benzene rings is 1. The minimum absolute atomic E-state index is 0.0748. The Morgan fingerprint density at radius 3 is 2.85 bits per heavy atom. The van der Waals surface area contributed by atoms with Crippen molar-refractivity contribution in [1.29, 1.82) is 0 Å². The smallest absolute Gasteiger partial charge is 0.338 e. The van der Waals surface area contributed by atoms with Crippen molar-refractivity contribution in [3.05, 3.63) is 47.7 Å². The number of ether oxygens (including phenoxy) is 3. The van der Waals surface area contributed by atoms with Crippen LogP contribution in [-0.4, -0.2) is 48.0 Å². The predicted molar refractivity (Wildman–Crippen MR) is 131 cm³/mol. The van der Waals surface area contributed by atoms with Crippen LogP contribution >= 0.6 is 11.8 Å². The number of carbonyl (C=O) groups is 2. The van der Waals surface area contributed by atoms with Gasteiger partial charge < -0.3 is 14.2 Å². The molecule has 3 rings (SSSR count). The Labute approximate surface area is 199 Å². The number of aliphatic imine (C=N–C) groups is 1. The third-order valence-corrected chi connectivity index (χ3v) is 6.47. The molecule has 1 saturated heterocycles. The van der Waals surface area contributed by atoms with Crippen molar-refractivity contribution < 1.29 is 23.8 Å². The molecule has 0 bridgehead atoms. The molecule has 7 nitrogen and oxygen atoms in total. The minimum Gasteiger partial charge on any atom is -0.493 e. The number of hydrogen-bond acceptors (Lipinski definition) is 7. The zero-order valence-corrected chi connectivity index (χ0v) is 20.4. The van der Waals surface area contributed by atoms with Crippen molar-refractivity contribution in [3.8, 4) is 11.5 Å². The van der Waals surface area contributed by atoms with Crippen LogP contribution in [0.15, 0.2) is 47.1 Å². The molecule has 0 spiro atoms. The van der Waals surface area contributed by atoms with Crippen molar-refractivity contribution in [2.24, 2.45) is 4.99 Å². The Morgan fingerprint density at radius 2 is 2.12 bits per heavy atom. The molecular formula is C25H32N2O5S. The van der Waals surface area contributed by atoms with Gasteiger partial charge in [-0.25, -0.2) is 9.79 Å². The standard InChI is InChI=1S/C25H32N2O5S/c1-5-7-8-9-14-31-19-11-10-18(16-20(19)30-4)23-22(24(29)32-13-6-2)17(3)26-25-27(23)21(28)12-15-33-25/h6,10-11,16,23H,2,5,7-9,12-15H2,1,3-4H3/t23-/m1/s1. The summed E-state index contributed by atoms with van der Waals surface area (Å²) >= 11 is 1.51. The van der Waals surface area contributed by atoms with Crippen LogP contribution in [0.3, 0.4) is 0 Å². The second-order valence-corrected chi connectivity index (χ2v) is 8.93. The van der Waals surface area contributed by atoms with Crippen LogP contribution in [-0.2, 0) is 14.3 Å². The summed E-state index contributed by atoms with van der Waals surface area (Å²) in [5, 5.41) is 0.601. The van der Waals surface area contributed by atoms with Crippen molar-refractivity contribution >= 4 is 28.8 Å². The van der Waals surface area contributed by atoms with Gasteiger partial charge in [0.1, 0.15) is 6.61 Å². The quantitative estimate of drug-likeness (QED) is 0.255. The largest absolute Gasteiger partial charge is 0.493 e. The summed E-state index contributed by atoms with van der Waals surface area (Å²) in [5.41, 5.74) is 1.61. The van der Waals surface area contributed by atoms with Gasteiger partial charge in [0.15, 0.2) is 16.7 Å². The van der Waals surface area contributed by atoms with Crippen LogP contribution in [0.1, 0.15) is 57.6 Å². The van der Waals surface area contributed by atoms with E-state index < -0.39 is 12.0 Å². The van der Waals surface area contributed by atoms with Crippen LogP contribution < -0.4 is 9.47 Å². The SMILES string of the molecule is C=CCOC(=O)C1=C(C)N=C2SCCC(=O)N2[C@@H]1c1ccc(OCCCCCC)c(OC)c1. The van der Waals surface area contributed by atoms with Crippen LogP contribution in [0.25, 0.3) is 0 Å². The van der Waals surface area contributed by atoms with E-state index in [1.165, 1.54) is 30.7 Å². The van der Waals surface area contributed by atoms with E-state index in [-0.39, 0.29) is 12.5 Å². The van der Waals surface area contributed by atoms with Crippen LogP contribution in [0.4, 0.5) is 0 Å². The number of allylic oxidation sites excluding steroid dienone is 1. The normalized spacial score (nSPS) is 17.9. The lowest BCUT2D eigenvalue weighted by atomic mass is 9.94. The Bertz CT molecular complexity index is 956. The molecule has 8 heteroatoms. The molecule has 0 aliphatic carbocycles. The van der Waals surface area contributed by atoms with Crippen molar-refractivity contribution in [2.45, 2.75) is 52.0 Å². The van der Waals surface area contributed by atoms with E-state index in [2.05, 4.69) is 18.5 Å². The lowest BCUT2D eigenvalue weighted by molar-refractivity contribution is -0.139. The minimum atomic E-state index is -0.650. The molecule has 0 N–H and O–H groups in total. The Balaban J connectivity index is 1.95. The average molecular weight is 473 g/mol. The van der Waals surface area contributed by atoms with Gasteiger partial charge in [-0.2, -0.15) is 0 Å². The Kier molecular flexibility index (Phi) is 9.00. The lowest BCUT2D eigenvalue weighted by Gasteiger charge is -2.39. The summed E-state index contributed by atoms with van der Waals surface area (Å²) in [7, 11) is 1.58. The maximum atomic E-state index is 13.0. The Hall–Kier alpha value is -2.74. The summed E-state index contributed by atoms with van der Waals surface area (Å²) < 4.78 is 16.9. The van der Waals surface area contributed by atoms with Crippen molar-refractivity contribution in [3.63, 3.8) is 0 Å². The summed E-state index contributed by atoms with van der Waals surface area (Å²) in [6, 6.07) is 4.89. The fourth-order valence-corrected chi connectivity index (χ4v) is 4.88. The first-order valence-electron chi connectivity index (χ1n) is 11.3. The van der Waals surface area contributed by atoms with E-state index in [9.17, 15) is 9.59 Å². The molecule has 1 amide bonds. The number of rotatable bonds is 11. The van der Waals surface area contributed by atoms with Gasteiger partial charge in [0, 0.05) is 12.2 Å². The van der Waals surface area contributed by atoms with Gasteiger partial charge in [-0.1, -0.05) is 56.7 Å². The summed E-state index contributed by atoms with van der Waals surface area (Å²) in [5.74, 6) is 1.27. The van der Waals surface area contributed by atoms with Crippen LogP contribution in [0.5, 0.6) is 11.5 Å². The van der Waals surface area contributed by atoms with E-state index in [1.807, 2.05) is 18.2 Å². The zero-order chi connectivity index (χ0) is 23.8. The third kappa shape index (κ3) is 5.79. The molecule has 2 heterocycles. The highest BCUT2D eigenvalue weighted by Gasteiger charge is 2.41. The molecule has 33 heavy (non-hydrogen) atoms. The molecule has 2 aliphatic heterocycles. The maximum Gasteiger partial charge on any atom is 0.338 e. The molecule has 1 aromatic rings. The predicted octanol–water partition coefficient (Wildman–Crippen LogP) is 5.03. The highest BCUT2D eigenvalue weighted by molar-refractivity contribution is 8.14. The van der Waals surface area contributed by atoms with Crippen molar-refractivity contribution in [1.82, 2.24) is 4.90 Å². The fourth-order valence-electron chi connectivity index (χ4n) is 3.87. The second-order valence-electron chi connectivity index (χ2n) is 7.86. The fraction of sp³-hybridized carbons (Fsp3) is 0.480. The van der Waals surface area contributed by atoms with E-state index in [1.54, 1.807) is 18.9 Å². The van der Waals surface area contributed by atoms with Crippen LogP contribution in [0, 0.1) is 0 Å². The monoisotopic (exact) mass is 472 g/mol. The number of carbonyl (C=O) groups excluding carboxylic acids is 2. The van der Waals surface area contributed by atoms with Gasteiger partial charge in [-0.05, 0) is 31.0 Å². The van der Waals surface area contributed by atoms with E-state index in [0.717, 1.165) is 18.4 Å². The molecular weight excluding hydrogens is 440 g/mol. The first-order valence-corrected chi connectivity index (χ1v) is 12.3. The molecule has 0 saturated carbocycles. The highest BCUT2D eigenvalue weighted by Crippen LogP contribution is 2.42. The number of nitrogens with zero attached hydrogens (tertiary/aromatic N) is 2. The molecule has 1 fully saturated rings. The number of amidine groups is 1. The number of fused-ring (bicyclic) bond motifs is 1. The number of hydrogen-bond donors (Lipinski definition) is 0. The van der Waals surface area contributed by atoms with E-state index in [0.29, 0.717) is 46.7 Å². The van der Waals surface area contributed by atoms with Gasteiger partial charge >= 0.3 is 5.97 Å². The average Bonchev–Trinajstić information content (AvgIpc) is 2.81. The van der Waals surface area contributed by atoms with Crippen LogP contribution in [0.2, 0.25) is 0 Å². The maximum absolute atomic E-state index is 13.0. The molecule has 2 aliphatic rings. The number of thioether (sulfide) groups is 1. The zero-order valence-electron chi connectivity index (χ0n) is 19.6. The van der Waals surface area contributed by atoms with E-state index >= 15 is 0 Å². The topological polar surface area (TPSA) is 77.4 Å². The Morgan fingerprint density at radius 1 is 1.30 bits per heavy atom. The summed E-state index contributed by atoms with van der Waals surface area (Å²) in [4.78, 5) is 32.1. The number of unbranched alkanes of at least 4 members (excludes halogenated alkanes) is 3. The third-order valence-electron chi connectivity index (χ3n) is 5.52. The van der Waals surface area contributed by atoms with E-state index in [4.69, 9.17) is 14.2 Å². The second kappa shape index (κ2) is 11.9. The highest BCUT2D eigenvalue weighted by atomic mass is 32.2. The molecule has 0 unspecified atom stereocenters. The lowest BCUT2D eigenvalue weighted by Crippen LogP contribution is -2.45. The summed E-state index contributed by atoms with van der Waals surface area (Å²) in [6.45, 7) is 8.24. The molecule has 178 valence electrons. The molecule has 0 radical (unpaired) electrons. The molecule has 1 aromatic carbocycles. The summed E-state index contributed by atoms with van der Waals surface area (Å²) in [6.07, 6.45) is 6.34. The number of amides is 1. The van der Waals surface area contributed by atoms with Gasteiger partial charge in [0.05, 0.1) is 31.0 Å². The van der Waals surface area contributed by atoms with Gasteiger partial charge in [0.2, 0.25) is 5.91 Å². The van der Waals surface area contributed by atoms with Gasteiger partial charge in [-0.15, -0.1) is 0 Å². The number of methoxy groups -OCH3 is 1. The van der Waals surface area contributed by atoms with Gasteiger partial charge in [-0.3, -0.25) is 9.69 Å². The molecule has 0 aromatic heterocycles. The number of esters is 1.